The van der Waals surface area contributed by atoms with Gasteiger partial charge in [-0.25, -0.2) is 4.79 Å². The average molecular weight is 311 g/mol. The Labute approximate surface area is 139 Å². The van der Waals surface area contributed by atoms with E-state index in [1.807, 2.05) is 42.5 Å². The average Bonchev–Trinajstić information content (AvgIpc) is 2.56. The van der Waals surface area contributed by atoms with E-state index in [9.17, 15) is 4.79 Å². The van der Waals surface area contributed by atoms with E-state index < -0.39 is 5.97 Å². The molecule has 0 heterocycles. The normalized spacial score (nSPS) is 7.00. The fourth-order valence-electron chi connectivity index (χ4n) is 0.589. The van der Waals surface area contributed by atoms with E-state index >= 15 is 0 Å². The monoisotopic (exact) mass is 311 g/mol. The molecule has 1 aromatic rings. The SMILES string of the molecule is C=C(C)C#N.C=C(C)C(=O)O.C=CC=C.C=Cc1ccccc1. The van der Waals surface area contributed by atoms with Crippen LogP contribution in [0.3, 0.4) is 0 Å². The smallest absolute Gasteiger partial charge is 0.330 e. The molecule has 0 aliphatic carbocycles. The van der Waals surface area contributed by atoms with Gasteiger partial charge in [0.25, 0.3) is 0 Å². The quantitative estimate of drug-likeness (QED) is 0.460. The van der Waals surface area contributed by atoms with Crippen molar-refractivity contribution < 1.29 is 9.90 Å². The Morgan fingerprint density at radius 2 is 1.43 bits per heavy atom. The Morgan fingerprint density at radius 1 is 1.09 bits per heavy atom. The number of carboxylic acid groups (broad SMARTS) is 1. The number of benzene rings is 1. The number of nitrogens with zero attached hydrogens (tertiary/aromatic N) is 1. The first kappa shape index (κ1) is 24.9. The molecule has 0 atom stereocenters. The molecule has 1 aromatic carbocycles. The summed E-state index contributed by atoms with van der Waals surface area (Å²) in [6.45, 7) is 19.9. The predicted octanol–water partition coefficient (Wildman–Crippen LogP) is 5.42. The Balaban J connectivity index is -0.000000242. The van der Waals surface area contributed by atoms with Gasteiger partial charge in [-0.3, -0.25) is 0 Å². The summed E-state index contributed by atoms with van der Waals surface area (Å²) in [7, 11) is 0. The topological polar surface area (TPSA) is 61.1 Å². The summed E-state index contributed by atoms with van der Waals surface area (Å²) >= 11 is 0. The van der Waals surface area contributed by atoms with Crippen molar-refractivity contribution in [3.8, 4) is 6.07 Å². The minimum absolute atomic E-state index is 0.176. The van der Waals surface area contributed by atoms with Crippen LogP contribution in [0.1, 0.15) is 19.4 Å². The van der Waals surface area contributed by atoms with Crippen molar-refractivity contribution in [2.24, 2.45) is 0 Å². The zero-order valence-electron chi connectivity index (χ0n) is 14.0. The summed E-state index contributed by atoms with van der Waals surface area (Å²) in [6, 6.07) is 11.9. The zero-order chi connectivity index (χ0) is 18.7. The van der Waals surface area contributed by atoms with E-state index in [1.165, 1.54) is 12.5 Å². The van der Waals surface area contributed by atoms with E-state index in [1.54, 1.807) is 19.1 Å². The Bertz CT molecular complexity index is 531. The van der Waals surface area contributed by atoms with Gasteiger partial charge >= 0.3 is 5.97 Å². The summed E-state index contributed by atoms with van der Waals surface area (Å²) in [5.41, 5.74) is 1.91. The molecule has 0 amide bonds. The van der Waals surface area contributed by atoms with Crippen molar-refractivity contribution in [1.82, 2.24) is 0 Å². The van der Waals surface area contributed by atoms with Crippen LogP contribution in [-0.4, -0.2) is 11.1 Å². The van der Waals surface area contributed by atoms with E-state index in [2.05, 4.69) is 32.9 Å². The molecule has 0 aliphatic heterocycles. The molecule has 0 spiro atoms. The van der Waals surface area contributed by atoms with Crippen molar-refractivity contribution in [2.75, 3.05) is 0 Å². The van der Waals surface area contributed by atoms with Gasteiger partial charge in [-0.15, -0.1) is 0 Å². The van der Waals surface area contributed by atoms with Crippen LogP contribution in [0.5, 0.6) is 0 Å². The molecule has 3 heteroatoms. The highest BCUT2D eigenvalue weighted by Gasteiger charge is 1.90. The number of hydrogen-bond donors (Lipinski definition) is 1. The first-order valence-corrected chi connectivity index (χ1v) is 6.62. The summed E-state index contributed by atoms with van der Waals surface area (Å²) in [5, 5.41) is 15.7. The molecule has 3 nitrogen and oxygen atoms in total. The zero-order valence-corrected chi connectivity index (χ0v) is 14.0. The fraction of sp³-hybridized carbons (Fsp3) is 0.100. The van der Waals surface area contributed by atoms with Crippen molar-refractivity contribution in [3.63, 3.8) is 0 Å². The first-order valence-electron chi connectivity index (χ1n) is 6.62. The van der Waals surface area contributed by atoms with Crippen molar-refractivity contribution in [2.45, 2.75) is 13.8 Å². The minimum atomic E-state index is -0.935. The van der Waals surface area contributed by atoms with Gasteiger partial charge in [0.15, 0.2) is 0 Å². The molecular weight excluding hydrogens is 286 g/mol. The van der Waals surface area contributed by atoms with E-state index in [0.717, 1.165) is 0 Å². The third kappa shape index (κ3) is 27.9. The van der Waals surface area contributed by atoms with Gasteiger partial charge in [0, 0.05) is 11.1 Å². The molecule has 23 heavy (non-hydrogen) atoms. The van der Waals surface area contributed by atoms with E-state index in [-0.39, 0.29) is 5.57 Å². The van der Waals surface area contributed by atoms with Crippen LogP contribution in [0.2, 0.25) is 0 Å². The standard InChI is InChI=1S/C8H8.C4H5N.C4H6O2.C4H6/c1-2-8-6-4-3-5-7-8;1-4(2)3-5;1-3(2)4(5)6;1-3-4-2/h2-7H,1H2;1H2,2H3;1H2,2H3,(H,5,6);3-4H,1-2H2. The molecular formula is C20H25NO2. The number of aliphatic carboxylic acids is 1. The van der Waals surface area contributed by atoms with Crippen LogP contribution in [0.25, 0.3) is 6.08 Å². The number of carbonyl (C=O) groups is 1. The lowest BCUT2D eigenvalue weighted by Gasteiger charge is -1.85. The van der Waals surface area contributed by atoms with Gasteiger partial charge in [0.1, 0.15) is 0 Å². The molecule has 0 saturated heterocycles. The third-order valence-corrected chi connectivity index (χ3v) is 1.76. The molecule has 1 rings (SSSR count). The number of allylic oxidation sites excluding steroid dienone is 3. The fourth-order valence-corrected chi connectivity index (χ4v) is 0.589. The van der Waals surface area contributed by atoms with Crippen LogP contribution >= 0.6 is 0 Å². The number of rotatable bonds is 3. The highest BCUT2D eigenvalue weighted by molar-refractivity contribution is 5.84. The lowest BCUT2D eigenvalue weighted by molar-refractivity contribution is -0.132. The maximum atomic E-state index is 9.60. The predicted molar refractivity (Wildman–Crippen MR) is 99.8 cm³/mol. The number of nitriles is 1. The molecule has 0 bridgehead atoms. The molecule has 0 aliphatic rings. The lowest BCUT2D eigenvalue weighted by atomic mass is 10.2. The van der Waals surface area contributed by atoms with Crippen molar-refractivity contribution in [3.05, 3.63) is 92.1 Å². The molecule has 0 radical (unpaired) electrons. The third-order valence-electron chi connectivity index (χ3n) is 1.76. The second kappa shape index (κ2) is 18.9. The maximum Gasteiger partial charge on any atom is 0.330 e. The summed E-state index contributed by atoms with van der Waals surface area (Å²) in [5.74, 6) is -0.935. The summed E-state index contributed by atoms with van der Waals surface area (Å²) in [4.78, 5) is 9.60. The van der Waals surface area contributed by atoms with Crippen LogP contribution < -0.4 is 0 Å². The Morgan fingerprint density at radius 3 is 1.57 bits per heavy atom. The molecule has 0 fully saturated rings. The van der Waals surface area contributed by atoms with Gasteiger partial charge in [-0.05, 0) is 19.4 Å². The van der Waals surface area contributed by atoms with Gasteiger partial charge in [-0.1, -0.05) is 81.5 Å². The van der Waals surface area contributed by atoms with Crippen molar-refractivity contribution in [1.29, 1.82) is 5.26 Å². The Hall–Kier alpha value is -3.12. The summed E-state index contributed by atoms with van der Waals surface area (Å²) < 4.78 is 0. The molecule has 1 N–H and O–H groups in total. The van der Waals surface area contributed by atoms with Gasteiger partial charge < -0.3 is 5.11 Å². The minimum Gasteiger partial charge on any atom is -0.478 e. The second-order valence-electron chi connectivity index (χ2n) is 4.06. The molecule has 0 saturated carbocycles. The number of carboxylic acids is 1. The Kier molecular flexibility index (Phi) is 20.4. The lowest BCUT2D eigenvalue weighted by Crippen LogP contribution is -1.92. The van der Waals surface area contributed by atoms with Gasteiger partial charge in [-0.2, -0.15) is 5.26 Å². The van der Waals surface area contributed by atoms with Crippen LogP contribution in [0, 0.1) is 11.3 Å². The second-order valence-corrected chi connectivity index (χ2v) is 4.06. The van der Waals surface area contributed by atoms with Crippen LogP contribution in [-0.2, 0) is 4.79 Å². The molecule has 0 unspecified atom stereocenters. The van der Waals surface area contributed by atoms with Crippen LogP contribution in [0.4, 0.5) is 0 Å². The first-order chi connectivity index (χ1) is 10.8. The van der Waals surface area contributed by atoms with Crippen molar-refractivity contribution >= 4 is 12.0 Å². The molecule has 122 valence electrons. The van der Waals surface area contributed by atoms with E-state index in [0.29, 0.717) is 5.57 Å². The highest BCUT2D eigenvalue weighted by Crippen LogP contribution is 1.97. The van der Waals surface area contributed by atoms with E-state index in [4.69, 9.17) is 10.4 Å². The highest BCUT2D eigenvalue weighted by atomic mass is 16.4. The van der Waals surface area contributed by atoms with Gasteiger partial charge in [0.2, 0.25) is 0 Å². The number of hydrogen-bond acceptors (Lipinski definition) is 2. The van der Waals surface area contributed by atoms with Gasteiger partial charge in [0.05, 0.1) is 6.07 Å². The maximum absolute atomic E-state index is 9.60. The largest absolute Gasteiger partial charge is 0.478 e. The summed E-state index contributed by atoms with van der Waals surface area (Å²) in [6.07, 6.45) is 5.11. The van der Waals surface area contributed by atoms with Crippen LogP contribution in [0.15, 0.2) is 86.5 Å². The molecule has 0 aromatic heterocycles.